The van der Waals surface area contributed by atoms with E-state index in [1.54, 1.807) is 28.8 Å². The summed E-state index contributed by atoms with van der Waals surface area (Å²) in [4.78, 5) is 27.6. The van der Waals surface area contributed by atoms with Gasteiger partial charge in [-0.3, -0.25) is 9.36 Å². The lowest BCUT2D eigenvalue weighted by molar-refractivity contribution is -0.301. The van der Waals surface area contributed by atoms with Gasteiger partial charge in [0.25, 0.3) is 5.56 Å². The molecule has 0 bridgehead atoms. The van der Waals surface area contributed by atoms with E-state index in [9.17, 15) is 14.7 Å². The van der Waals surface area contributed by atoms with Gasteiger partial charge in [0.2, 0.25) is 0 Å². The van der Waals surface area contributed by atoms with Crippen molar-refractivity contribution in [2.24, 2.45) is 5.92 Å². The number of hydrogen-bond donors (Lipinski definition) is 0. The number of para-hydroxylation sites is 1. The molecule has 0 radical (unpaired) electrons. The standard InChI is InChI=1S/C15H18N2O3S/c1-10(2)7-8-17-14(20)11-5-3-4-6-12(11)16-15(17)21-9-13(18)19/h3-6,10H,7-9H2,1-2H3,(H,18,19)/p-1. The molecule has 0 spiro atoms. The number of aromatic nitrogens is 2. The largest absolute Gasteiger partial charge is 0.549 e. The van der Waals surface area contributed by atoms with Gasteiger partial charge in [0, 0.05) is 12.3 Å². The molecule has 0 N–H and O–H groups in total. The van der Waals surface area contributed by atoms with Crippen LogP contribution in [0, 0.1) is 5.92 Å². The van der Waals surface area contributed by atoms with Gasteiger partial charge in [-0.25, -0.2) is 4.98 Å². The van der Waals surface area contributed by atoms with E-state index < -0.39 is 5.97 Å². The number of hydrogen-bond acceptors (Lipinski definition) is 5. The number of carboxylic acids is 1. The summed E-state index contributed by atoms with van der Waals surface area (Å²) in [5.41, 5.74) is 0.464. The van der Waals surface area contributed by atoms with Gasteiger partial charge < -0.3 is 9.90 Å². The normalized spacial score (nSPS) is 11.2. The Hall–Kier alpha value is -1.82. The van der Waals surface area contributed by atoms with Crippen molar-refractivity contribution in [2.45, 2.75) is 32.0 Å². The van der Waals surface area contributed by atoms with Gasteiger partial charge in [-0.1, -0.05) is 37.7 Å². The number of carbonyl (C=O) groups is 1. The predicted octanol–water partition coefficient (Wildman–Crippen LogP) is 1.28. The van der Waals surface area contributed by atoms with Crippen molar-refractivity contribution in [3.05, 3.63) is 34.6 Å². The Bertz CT molecular complexity index is 710. The van der Waals surface area contributed by atoms with Gasteiger partial charge in [-0.2, -0.15) is 0 Å². The zero-order valence-corrected chi connectivity index (χ0v) is 12.9. The Kier molecular flexibility index (Phi) is 5.01. The Morgan fingerprint density at radius 3 is 2.76 bits per heavy atom. The van der Waals surface area contributed by atoms with Crippen molar-refractivity contribution in [2.75, 3.05) is 5.75 Å². The molecule has 0 aliphatic rings. The van der Waals surface area contributed by atoms with Crippen molar-refractivity contribution < 1.29 is 9.90 Å². The van der Waals surface area contributed by atoms with Crippen LogP contribution in [0.2, 0.25) is 0 Å². The van der Waals surface area contributed by atoms with E-state index >= 15 is 0 Å². The summed E-state index contributed by atoms with van der Waals surface area (Å²) in [6.07, 6.45) is 0.832. The third-order valence-corrected chi connectivity index (χ3v) is 4.03. The number of benzene rings is 1. The molecule has 1 aromatic heterocycles. The van der Waals surface area contributed by atoms with Gasteiger partial charge in [0.05, 0.1) is 16.9 Å². The van der Waals surface area contributed by atoms with E-state index in [0.717, 1.165) is 18.2 Å². The highest BCUT2D eigenvalue weighted by Crippen LogP contribution is 2.18. The summed E-state index contributed by atoms with van der Waals surface area (Å²) in [7, 11) is 0. The molecule has 0 saturated heterocycles. The van der Waals surface area contributed by atoms with E-state index in [1.165, 1.54) is 0 Å². The third kappa shape index (κ3) is 3.85. The molecule has 6 heteroatoms. The molecule has 0 unspecified atom stereocenters. The first-order valence-electron chi connectivity index (χ1n) is 6.81. The highest BCUT2D eigenvalue weighted by atomic mass is 32.2. The first kappa shape index (κ1) is 15.6. The van der Waals surface area contributed by atoms with E-state index in [1.807, 2.05) is 0 Å². The topological polar surface area (TPSA) is 75.0 Å². The van der Waals surface area contributed by atoms with E-state index in [0.29, 0.717) is 28.5 Å². The van der Waals surface area contributed by atoms with Crippen LogP contribution in [0.3, 0.4) is 0 Å². The van der Waals surface area contributed by atoms with E-state index in [4.69, 9.17) is 0 Å². The summed E-state index contributed by atoms with van der Waals surface area (Å²) in [6.45, 7) is 4.69. The lowest BCUT2D eigenvalue weighted by atomic mass is 10.1. The fourth-order valence-electron chi connectivity index (χ4n) is 1.97. The molecule has 21 heavy (non-hydrogen) atoms. The maximum absolute atomic E-state index is 12.6. The second-order valence-corrected chi connectivity index (χ2v) is 6.15. The maximum atomic E-state index is 12.6. The highest BCUT2D eigenvalue weighted by Gasteiger charge is 2.11. The van der Waals surface area contributed by atoms with Crippen LogP contribution >= 0.6 is 11.8 Å². The van der Waals surface area contributed by atoms with Crippen LogP contribution in [0.4, 0.5) is 0 Å². The first-order chi connectivity index (χ1) is 9.99. The monoisotopic (exact) mass is 305 g/mol. The number of carbonyl (C=O) groups excluding carboxylic acids is 1. The molecular weight excluding hydrogens is 288 g/mol. The SMILES string of the molecule is CC(C)CCn1c(SCC(=O)[O-])nc2ccccc2c1=O. The molecule has 0 aliphatic heterocycles. The molecular formula is C15H17N2O3S-. The molecule has 0 aliphatic carbocycles. The Morgan fingerprint density at radius 2 is 2.10 bits per heavy atom. The number of carboxylic acid groups (broad SMARTS) is 1. The fraction of sp³-hybridized carbons (Fsp3) is 0.400. The molecule has 1 aromatic carbocycles. The van der Waals surface area contributed by atoms with Crippen molar-refractivity contribution >= 4 is 28.6 Å². The lowest BCUT2D eigenvalue weighted by Gasteiger charge is -2.14. The fourth-order valence-corrected chi connectivity index (χ4v) is 2.71. The molecule has 1 heterocycles. The average Bonchev–Trinajstić information content (AvgIpc) is 2.44. The number of nitrogens with zero attached hydrogens (tertiary/aromatic N) is 2. The number of aliphatic carboxylic acids is 1. The van der Waals surface area contributed by atoms with E-state index in [2.05, 4.69) is 18.8 Å². The van der Waals surface area contributed by atoms with Gasteiger partial charge in [0.1, 0.15) is 0 Å². The predicted molar refractivity (Wildman–Crippen MR) is 81.2 cm³/mol. The summed E-state index contributed by atoms with van der Waals surface area (Å²) in [6, 6.07) is 7.10. The Labute approximate surface area is 127 Å². The van der Waals surface area contributed by atoms with E-state index in [-0.39, 0.29) is 11.3 Å². The molecule has 0 amide bonds. The minimum absolute atomic E-state index is 0.123. The van der Waals surface area contributed by atoms with Crippen LogP contribution in [0.25, 0.3) is 10.9 Å². The van der Waals surface area contributed by atoms with Gasteiger partial charge in [-0.05, 0) is 24.5 Å². The zero-order valence-electron chi connectivity index (χ0n) is 12.0. The second-order valence-electron chi connectivity index (χ2n) is 5.21. The minimum Gasteiger partial charge on any atom is -0.549 e. The van der Waals surface area contributed by atoms with Crippen molar-refractivity contribution in [3.63, 3.8) is 0 Å². The van der Waals surface area contributed by atoms with Crippen LogP contribution < -0.4 is 10.7 Å². The summed E-state index contributed by atoms with van der Waals surface area (Å²) in [5.74, 6) is -0.938. The third-order valence-electron chi connectivity index (χ3n) is 3.08. The zero-order chi connectivity index (χ0) is 15.4. The second kappa shape index (κ2) is 6.76. The Morgan fingerprint density at radius 1 is 1.38 bits per heavy atom. The van der Waals surface area contributed by atoms with Crippen molar-refractivity contribution in [3.8, 4) is 0 Å². The first-order valence-corrected chi connectivity index (χ1v) is 7.80. The van der Waals surface area contributed by atoms with Crippen LogP contribution in [0.1, 0.15) is 20.3 Å². The Balaban J connectivity index is 2.48. The maximum Gasteiger partial charge on any atom is 0.262 e. The highest BCUT2D eigenvalue weighted by molar-refractivity contribution is 7.99. The van der Waals surface area contributed by atoms with Crippen molar-refractivity contribution in [1.29, 1.82) is 0 Å². The van der Waals surface area contributed by atoms with Gasteiger partial charge in [0.15, 0.2) is 5.16 Å². The van der Waals surface area contributed by atoms with Crippen LogP contribution in [-0.2, 0) is 11.3 Å². The smallest absolute Gasteiger partial charge is 0.262 e. The van der Waals surface area contributed by atoms with Crippen LogP contribution in [0.5, 0.6) is 0 Å². The van der Waals surface area contributed by atoms with Crippen molar-refractivity contribution in [1.82, 2.24) is 9.55 Å². The molecule has 5 nitrogen and oxygen atoms in total. The summed E-state index contributed by atoms with van der Waals surface area (Å²) >= 11 is 1.03. The molecule has 0 saturated carbocycles. The number of fused-ring (bicyclic) bond motifs is 1. The number of rotatable bonds is 6. The lowest BCUT2D eigenvalue weighted by Crippen LogP contribution is -2.27. The summed E-state index contributed by atoms with van der Waals surface area (Å²) < 4.78 is 1.57. The molecule has 2 aromatic rings. The summed E-state index contributed by atoms with van der Waals surface area (Å²) in [5, 5.41) is 11.6. The van der Waals surface area contributed by atoms with Gasteiger partial charge >= 0.3 is 0 Å². The van der Waals surface area contributed by atoms with Crippen LogP contribution in [-0.4, -0.2) is 21.3 Å². The molecule has 0 fully saturated rings. The average molecular weight is 305 g/mol. The molecule has 2 rings (SSSR count). The molecule has 0 atom stereocenters. The quantitative estimate of drug-likeness (QED) is 0.594. The number of thioether (sulfide) groups is 1. The molecule has 112 valence electrons. The van der Waals surface area contributed by atoms with Crippen LogP contribution in [0.15, 0.2) is 34.2 Å². The minimum atomic E-state index is -1.17. The van der Waals surface area contributed by atoms with Gasteiger partial charge in [-0.15, -0.1) is 0 Å².